The number of amides is 1. The van der Waals surface area contributed by atoms with Crippen LogP contribution < -0.4 is 10.1 Å². The number of esters is 1. The van der Waals surface area contributed by atoms with Crippen LogP contribution >= 0.6 is 0 Å². The van der Waals surface area contributed by atoms with E-state index in [1.54, 1.807) is 13.0 Å². The van der Waals surface area contributed by atoms with Gasteiger partial charge in [0, 0.05) is 23.4 Å². The summed E-state index contributed by atoms with van der Waals surface area (Å²) in [6.45, 7) is 4.99. The zero-order chi connectivity index (χ0) is 18.7. The third-order valence-electron chi connectivity index (χ3n) is 4.39. The van der Waals surface area contributed by atoms with Crippen molar-refractivity contribution in [1.82, 2.24) is 5.32 Å². The Bertz CT molecular complexity index is 808. The van der Waals surface area contributed by atoms with E-state index in [9.17, 15) is 9.59 Å². The Morgan fingerprint density at radius 2 is 1.96 bits per heavy atom. The molecule has 2 aromatic rings. The van der Waals surface area contributed by atoms with Crippen LogP contribution in [0.4, 0.5) is 0 Å². The molecule has 0 aliphatic heterocycles. The molecule has 0 saturated carbocycles. The molecule has 0 saturated heterocycles. The van der Waals surface area contributed by atoms with E-state index in [0.717, 1.165) is 42.4 Å². The molecule has 1 aromatic carbocycles. The van der Waals surface area contributed by atoms with Gasteiger partial charge in [-0.15, -0.1) is 0 Å². The zero-order valence-electron chi connectivity index (χ0n) is 15.5. The second-order valence-corrected chi connectivity index (χ2v) is 6.95. The molecule has 6 heteroatoms. The van der Waals surface area contributed by atoms with E-state index in [-0.39, 0.29) is 18.6 Å². The van der Waals surface area contributed by atoms with Crippen molar-refractivity contribution in [2.24, 2.45) is 0 Å². The molecule has 1 atom stereocenters. The number of nitrogens with one attached hydrogen (secondary N) is 1. The number of rotatable bonds is 6. The fourth-order valence-corrected chi connectivity index (χ4v) is 3.16. The molecule has 26 heavy (non-hydrogen) atoms. The Morgan fingerprint density at radius 1 is 1.19 bits per heavy atom. The minimum atomic E-state index is -0.850. The smallest absolute Gasteiger partial charge is 0.344 e. The zero-order valence-corrected chi connectivity index (χ0v) is 15.5. The number of carbonyl (C=O) groups is 2. The first-order chi connectivity index (χ1) is 12.4. The SMILES string of the molecule is CC(C)NC(=O)C(C)OC(=O)COc1ccc2oc3c(c2c1)CCCC3. The van der Waals surface area contributed by atoms with Gasteiger partial charge in [-0.05, 0) is 58.2 Å². The highest BCUT2D eigenvalue weighted by molar-refractivity contribution is 5.85. The minimum absolute atomic E-state index is 0.00693. The maximum atomic E-state index is 11.9. The van der Waals surface area contributed by atoms with Crippen molar-refractivity contribution in [3.8, 4) is 5.75 Å². The van der Waals surface area contributed by atoms with Crippen molar-refractivity contribution in [2.75, 3.05) is 6.61 Å². The van der Waals surface area contributed by atoms with Crippen molar-refractivity contribution in [2.45, 2.75) is 58.6 Å². The van der Waals surface area contributed by atoms with E-state index >= 15 is 0 Å². The maximum Gasteiger partial charge on any atom is 0.344 e. The van der Waals surface area contributed by atoms with Gasteiger partial charge in [-0.3, -0.25) is 4.79 Å². The highest BCUT2D eigenvalue weighted by Gasteiger charge is 2.20. The molecule has 3 rings (SSSR count). The van der Waals surface area contributed by atoms with Crippen LogP contribution in [-0.4, -0.2) is 30.6 Å². The number of benzene rings is 1. The van der Waals surface area contributed by atoms with Crippen LogP contribution in [0.3, 0.4) is 0 Å². The normalized spacial score (nSPS) is 14.8. The number of hydrogen-bond donors (Lipinski definition) is 1. The van der Waals surface area contributed by atoms with Crippen LogP contribution in [0.1, 0.15) is 44.9 Å². The number of fused-ring (bicyclic) bond motifs is 3. The van der Waals surface area contributed by atoms with E-state index in [1.807, 2.05) is 26.0 Å². The van der Waals surface area contributed by atoms with E-state index < -0.39 is 12.1 Å². The first kappa shape index (κ1) is 18.3. The van der Waals surface area contributed by atoms with Crippen molar-refractivity contribution in [3.05, 3.63) is 29.5 Å². The highest BCUT2D eigenvalue weighted by atomic mass is 16.6. The van der Waals surface area contributed by atoms with Crippen LogP contribution in [0.5, 0.6) is 5.75 Å². The van der Waals surface area contributed by atoms with Crippen molar-refractivity contribution < 1.29 is 23.5 Å². The third kappa shape index (κ3) is 4.18. The lowest BCUT2D eigenvalue weighted by Crippen LogP contribution is -2.40. The average molecular weight is 359 g/mol. The third-order valence-corrected chi connectivity index (χ3v) is 4.39. The van der Waals surface area contributed by atoms with Crippen molar-refractivity contribution >= 4 is 22.8 Å². The lowest BCUT2D eigenvalue weighted by atomic mass is 9.96. The molecule has 0 spiro atoms. The van der Waals surface area contributed by atoms with E-state index in [1.165, 1.54) is 5.56 Å². The first-order valence-corrected chi connectivity index (χ1v) is 9.11. The molecular formula is C20H25NO5. The van der Waals surface area contributed by atoms with E-state index in [0.29, 0.717) is 5.75 Å². The second kappa shape index (κ2) is 7.81. The quantitative estimate of drug-likeness (QED) is 0.802. The van der Waals surface area contributed by atoms with Gasteiger partial charge in [0.25, 0.3) is 5.91 Å². The maximum absolute atomic E-state index is 11.9. The number of ether oxygens (including phenoxy) is 2. The van der Waals surface area contributed by atoms with Crippen LogP contribution in [-0.2, 0) is 27.2 Å². The fourth-order valence-electron chi connectivity index (χ4n) is 3.16. The molecular weight excluding hydrogens is 334 g/mol. The first-order valence-electron chi connectivity index (χ1n) is 9.11. The molecule has 6 nitrogen and oxygen atoms in total. The summed E-state index contributed by atoms with van der Waals surface area (Å²) in [5, 5.41) is 3.75. The van der Waals surface area contributed by atoms with Crippen LogP contribution in [0, 0.1) is 0 Å². The standard InChI is InChI=1S/C20H25NO5/c1-12(2)21-20(23)13(3)25-19(22)11-24-14-8-9-18-16(10-14)15-6-4-5-7-17(15)26-18/h8-10,12-13H,4-7,11H2,1-3H3,(H,21,23). The summed E-state index contributed by atoms with van der Waals surface area (Å²) < 4.78 is 16.5. The Morgan fingerprint density at radius 3 is 2.73 bits per heavy atom. The molecule has 140 valence electrons. The predicted molar refractivity (Wildman–Crippen MR) is 97.2 cm³/mol. The van der Waals surface area contributed by atoms with Gasteiger partial charge in [-0.2, -0.15) is 0 Å². The van der Waals surface area contributed by atoms with Crippen LogP contribution in [0.2, 0.25) is 0 Å². The molecule has 1 aromatic heterocycles. The number of hydrogen-bond acceptors (Lipinski definition) is 5. The number of aryl methyl sites for hydroxylation is 2. The Kier molecular flexibility index (Phi) is 5.49. The summed E-state index contributed by atoms with van der Waals surface area (Å²) in [6, 6.07) is 5.55. The Labute approximate surface area is 152 Å². The van der Waals surface area contributed by atoms with Crippen LogP contribution in [0.25, 0.3) is 11.0 Å². The summed E-state index contributed by atoms with van der Waals surface area (Å²) in [6.07, 6.45) is 3.45. The van der Waals surface area contributed by atoms with Crippen molar-refractivity contribution in [1.29, 1.82) is 0 Å². The largest absolute Gasteiger partial charge is 0.482 e. The van der Waals surface area contributed by atoms with E-state index in [4.69, 9.17) is 13.9 Å². The summed E-state index contributed by atoms with van der Waals surface area (Å²) in [5.74, 6) is 0.751. The topological polar surface area (TPSA) is 77.8 Å². The second-order valence-electron chi connectivity index (χ2n) is 6.95. The van der Waals surface area contributed by atoms with Gasteiger partial charge in [0.2, 0.25) is 0 Å². The Balaban J connectivity index is 1.59. The molecule has 1 aliphatic rings. The minimum Gasteiger partial charge on any atom is -0.482 e. The number of carbonyl (C=O) groups excluding carboxylic acids is 2. The molecule has 0 radical (unpaired) electrons. The molecule has 1 amide bonds. The van der Waals surface area contributed by atoms with Crippen molar-refractivity contribution in [3.63, 3.8) is 0 Å². The van der Waals surface area contributed by atoms with Gasteiger partial charge in [-0.25, -0.2) is 4.79 Å². The Hall–Kier alpha value is -2.50. The summed E-state index contributed by atoms with van der Waals surface area (Å²) in [5.41, 5.74) is 2.10. The van der Waals surface area contributed by atoms with Gasteiger partial charge in [-0.1, -0.05) is 0 Å². The summed E-state index contributed by atoms with van der Waals surface area (Å²) in [7, 11) is 0. The summed E-state index contributed by atoms with van der Waals surface area (Å²) >= 11 is 0. The fraction of sp³-hybridized carbons (Fsp3) is 0.500. The predicted octanol–water partition coefficient (Wildman–Crippen LogP) is 3.15. The molecule has 0 bridgehead atoms. The van der Waals surface area contributed by atoms with Gasteiger partial charge >= 0.3 is 5.97 Å². The molecule has 1 N–H and O–H groups in total. The number of furan rings is 1. The average Bonchev–Trinajstić information content (AvgIpc) is 2.97. The van der Waals surface area contributed by atoms with Gasteiger partial charge < -0.3 is 19.2 Å². The highest BCUT2D eigenvalue weighted by Crippen LogP contribution is 2.33. The lowest BCUT2D eigenvalue weighted by Gasteiger charge is -2.15. The van der Waals surface area contributed by atoms with E-state index in [2.05, 4.69) is 5.32 Å². The summed E-state index contributed by atoms with van der Waals surface area (Å²) in [4.78, 5) is 23.7. The van der Waals surface area contributed by atoms with Gasteiger partial charge in [0.05, 0.1) is 0 Å². The van der Waals surface area contributed by atoms with Gasteiger partial charge in [0.15, 0.2) is 12.7 Å². The monoisotopic (exact) mass is 359 g/mol. The van der Waals surface area contributed by atoms with Gasteiger partial charge in [0.1, 0.15) is 17.1 Å². The molecule has 1 heterocycles. The molecule has 1 aliphatic carbocycles. The molecule has 1 unspecified atom stereocenters. The lowest BCUT2D eigenvalue weighted by molar-refractivity contribution is -0.156. The van der Waals surface area contributed by atoms with Crippen LogP contribution in [0.15, 0.2) is 22.6 Å². The molecule has 0 fully saturated rings.